The molecule has 0 spiro atoms. The van der Waals surface area contributed by atoms with E-state index in [4.69, 9.17) is 28.4 Å². The van der Waals surface area contributed by atoms with Crippen LogP contribution in [0.3, 0.4) is 0 Å². The van der Waals surface area contributed by atoms with E-state index in [1.54, 1.807) is 38.1 Å². The van der Waals surface area contributed by atoms with E-state index in [1.807, 2.05) is 0 Å². The first-order chi connectivity index (χ1) is 15.3. The third kappa shape index (κ3) is 11.9. The highest BCUT2D eigenvalue weighted by molar-refractivity contribution is 5.89. The molecule has 0 saturated carbocycles. The van der Waals surface area contributed by atoms with Crippen molar-refractivity contribution in [3.8, 4) is 5.75 Å². The van der Waals surface area contributed by atoms with Crippen molar-refractivity contribution >= 4 is 17.9 Å². The second-order valence-corrected chi connectivity index (χ2v) is 6.57. The smallest absolute Gasteiger partial charge is 0.338 e. The van der Waals surface area contributed by atoms with Crippen LogP contribution in [0.25, 0.3) is 0 Å². The molecule has 0 aliphatic rings. The first kappa shape index (κ1) is 26.9. The first-order valence-electron chi connectivity index (χ1n) is 10.0. The Bertz CT molecular complexity index is 768. The summed E-state index contributed by atoms with van der Waals surface area (Å²) < 4.78 is 30.9. The lowest BCUT2D eigenvalue weighted by molar-refractivity contribution is -0.141. The van der Waals surface area contributed by atoms with Gasteiger partial charge in [-0.15, -0.1) is 0 Å². The SMILES string of the molecule is C=C(C)C(=O)OCCOCCOC(=O)c1ccc(OCCOCCOC(=O)C(=C)C)cc1. The quantitative estimate of drug-likeness (QED) is 0.162. The van der Waals surface area contributed by atoms with Crippen molar-refractivity contribution in [3.63, 3.8) is 0 Å². The molecule has 32 heavy (non-hydrogen) atoms. The molecule has 0 radical (unpaired) electrons. The Kier molecular flexibility index (Phi) is 13.1. The Balaban J connectivity index is 2.11. The zero-order chi connectivity index (χ0) is 23.8. The van der Waals surface area contributed by atoms with Crippen LogP contribution in [-0.2, 0) is 33.3 Å². The lowest BCUT2D eigenvalue weighted by Gasteiger charge is -2.09. The van der Waals surface area contributed by atoms with Gasteiger partial charge in [0.15, 0.2) is 0 Å². The van der Waals surface area contributed by atoms with E-state index in [0.717, 1.165) is 0 Å². The van der Waals surface area contributed by atoms with Gasteiger partial charge in [-0.1, -0.05) is 13.2 Å². The molecule has 1 aromatic rings. The van der Waals surface area contributed by atoms with Gasteiger partial charge in [-0.05, 0) is 38.1 Å². The van der Waals surface area contributed by atoms with Gasteiger partial charge in [-0.3, -0.25) is 0 Å². The molecule has 0 heterocycles. The summed E-state index contributed by atoms with van der Waals surface area (Å²) in [6.07, 6.45) is 0. The van der Waals surface area contributed by atoms with Crippen LogP contribution in [0.5, 0.6) is 5.75 Å². The maximum atomic E-state index is 12.0. The lowest BCUT2D eigenvalue weighted by Crippen LogP contribution is -2.15. The summed E-state index contributed by atoms with van der Waals surface area (Å²) in [5.41, 5.74) is 1.04. The van der Waals surface area contributed by atoms with Crippen molar-refractivity contribution in [2.45, 2.75) is 13.8 Å². The van der Waals surface area contributed by atoms with Gasteiger partial charge in [0.05, 0.1) is 32.0 Å². The molecule has 0 aromatic heterocycles. The summed E-state index contributed by atoms with van der Waals surface area (Å²) in [7, 11) is 0. The van der Waals surface area contributed by atoms with Gasteiger partial charge in [-0.25, -0.2) is 14.4 Å². The molecular formula is C23H30O9. The number of ether oxygens (including phenoxy) is 6. The summed E-state index contributed by atoms with van der Waals surface area (Å²) in [4.78, 5) is 34.4. The van der Waals surface area contributed by atoms with Crippen LogP contribution < -0.4 is 4.74 Å². The standard InChI is InChI=1S/C23H30O9/c1-17(2)21(24)30-14-10-27-9-13-29-20-7-5-19(6-8-20)23(26)32-16-12-28-11-15-31-22(25)18(3)4/h5-8H,1,3,9-16H2,2,4H3. The highest BCUT2D eigenvalue weighted by atomic mass is 16.6. The van der Waals surface area contributed by atoms with Crippen molar-refractivity contribution in [2.75, 3.05) is 52.9 Å². The van der Waals surface area contributed by atoms with E-state index in [9.17, 15) is 14.4 Å². The molecule has 0 atom stereocenters. The molecule has 0 aliphatic carbocycles. The third-order valence-electron chi connectivity index (χ3n) is 3.67. The minimum atomic E-state index is -0.485. The van der Waals surface area contributed by atoms with Gasteiger partial charge < -0.3 is 28.4 Å². The van der Waals surface area contributed by atoms with Crippen LogP contribution in [0.15, 0.2) is 48.6 Å². The van der Waals surface area contributed by atoms with Gasteiger partial charge in [0, 0.05) is 11.1 Å². The van der Waals surface area contributed by atoms with Crippen LogP contribution in [0.4, 0.5) is 0 Å². The molecule has 0 N–H and O–H groups in total. The first-order valence-corrected chi connectivity index (χ1v) is 10.0. The number of hydrogen-bond acceptors (Lipinski definition) is 9. The van der Waals surface area contributed by atoms with E-state index >= 15 is 0 Å². The third-order valence-corrected chi connectivity index (χ3v) is 3.67. The van der Waals surface area contributed by atoms with Crippen molar-refractivity contribution in [2.24, 2.45) is 0 Å². The second-order valence-electron chi connectivity index (χ2n) is 6.57. The predicted octanol–water partition coefficient (Wildman–Crippen LogP) is 2.49. The minimum Gasteiger partial charge on any atom is -0.491 e. The summed E-state index contributed by atoms with van der Waals surface area (Å²) >= 11 is 0. The van der Waals surface area contributed by atoms with Crippen LogP contribution in [0, 0.1) is 0 Å². The molecule has 176 valence electrons. The predicted molar refractivity (Wildman–Crippen MR) is 115 cm³/mol. The summed E-state index contributed by atoms with van der Waals surface area (Å²) in [6, 6.07) is 6.48. The zero-order valence-electron chi connectivity index (χ0n) is 18.6. The molecule has 9 heteroatoms. The van der Waals surface area contributed by atoms with Crippen molar-refractivity contribution in [3.05, 3.63) is 54.1 Å². The van der Waals surface area contributed by atoms with E-state index in [-0.39, 0.29) is 39.6 Å². The molecular weight excluding hydrogens is 420 g/mol. The van der Waals surface area contributed by atoms with E-state index in [0.29, 0.717) is 35.7 Å². The van der Waals surface area contributed by atoms with Crippen molar-refractivity contribution in [1.29, 1.82) is 0 Å². The maximum Gasteiger partial charge on any atom is 0.338 e. The highest BCUT2D eigenvalue weighted by Crippen LogP contribution is 2.13. The number of rotatable bonds is 16. The van der Waals surface area contributed by atoms with Crippen LogP contribution >= 0.6 is 0 Å². The summed E-state index contributed by atoms with van der Waals surface area (Å²) in [6.45, 7) is 11.7. The van der Waals surface area contributed by atoms with E-state index < -0.39 is 17.9 Å². The lowest BCUT2D eigenvalue weighted by atomic mass is 10.2. The van der Waals surface area contributed by atoms with E-state index in [2.05, 4.69) is 13.2 Å². The minimum absolute atomic E-state index is 0.0739. The number of carbonyl (C=O) groups is 3. The number of hydrogen-bond donors (Lipinski definition) is 0. The Hall–Kier alpha value is -3.17. The van der Waals surface area contributed by atoms with Crippen molar-refractivity contribution < 1.29 is 42.8 Å². The van der Waals surface area contributed by atoms with Gasteiger partial charge in [0.25, 0.3) is 0 Å². The molecule has 1 aromatic carbocycles. The normalized spacial score (nSPS) is 10.2. The fourth-order valence-corrected chi connectivity index (χ4v) is 2.02. The Morgan fingerprint density at radius 3 is 1.56 bits per heavy atom. The molecule has 0 fully saturated rings. The van der Waals surface area contributed by atoms with Gasteiger partial charge >= 0.3 is 17.9 Å². The topological polar surface area (TPSA) is 107 Å². The molecule has 0 unspecified atom stereocenters. The zero-order valence-corrected chi connectivity index (χ0v) is 18.6. The Morgan fingerprint density at radius 2 is 1.09 bits per heavy atom. The molecule has 0 aliphatic heterocycles. The molecule has 0 amide bonds. The fourth-order valence-electron chi connectivity index (χ4n) is 2.02. The van der Waals surface area contributed by atoms with Gasteiger partial charge in [0.2, 0.25) is 0 Å². The molecule has 0 bridgehead atoms. The van der Waals surface area contributed by atoms with Crippen molar-refractivity contribution in [1.82, 2.24) is 0 Å². The van der Waals surface area contributed by atoms with Crippen LogP contribution in [-0.4, -0.2) is 70.8 Å². The second kappa shape index (κ2) is 15.6. The van der Waals surface area contributed by atoms with Gasteiger partial charge in [0.1, 0.15) is 32.2 Å². The molecule has 1 rings (SSSR count). The largest absolute Gasteiger partial charge is 0.491 e. The summed E-state index contributed by atoms with van der Waals surface area (Å²) in [5.74, 6) is -0.827. The molecule has 9 nitrogen and oxygen atoms in total. The summed E-state index contributed by atoms with van der Waals surface area (Å²) in [5, 5.41) is 0. The highest BCUT2D eigenvalue weighted by Gasteiger charge is 2.08. The fraction of sp³-hybridized carbons (Fsp3) is 0.435. The monoisotopic (exact) mass is 450 g/mol. The van der Waals surface area contributed by atoms with E-state index in [1.165, 1.54) is 0 Å². The number of esters is 3. The average molecular weight is 450 g/mol. The molecule has 0 saturated heterocycles. The maximum absolute atomic E-state index is 12.0. The van der Waals surface area contributed by atoms with Crippen LogP contribution in [0.2, 0.25) is 0 Å². The number of carbonyl (C=O) groups excluding carboxylic acids is 3. The Labute approximate surface area is 187 Å². The average Bonchev–Trinajstić information content (AvgIpc) is 2.77. The van der Waals surface area contributed by atoms with Crippen LogP contribution in [0.1, 0.15) is 24.2 Å². The Morgan fingerprint density at radius 1 is 0.656 bits per heavy atom. The van der Waals surface area contributed by atoms with Gasteiger partial charge in [-0.2, -0.15) is 0 Å². The number of benzene rings is 1.